The summed E-state index contributed by atoms with van der Waals surface area (Å²) in [5.74, 6) is 0.363. The largest absolute Gasteiger partial charge is 0.496 e. The molecule has 5 heteroatoms. The molecule has 0 spiro atoms. The Balaban J connectivity index is 2.00. The molecule has 110 valence electrons. The zero-order chi connectivity index (χ0) is 15.5. The first-order valence-electron chi connectivity index (χ1n) is 6.59. The van der Waals surface area contributed by atoms with Crippen LogP contribution in [0.3, 0.4) is 0 Å². The zero-order valence-corrected chi connectivity index (χ0v) is 13.3. The number of esters is 1. The maximum atomic E-state index is 12.0. The summed E-state index contributed by atoms with van der Waals surface area (Å²) in [6.45, 7) is 0. The van der Waals surface area contributed by atoms with E-state index in [1.54, 1.807) is 25.3 Å². The van der Waals surface area contributed by atoms with Crippen molar-refractivity contribution in [1.82, 2.24) is 0 Å². The number of cyclic esters (lactones) is 1. The number of benzene rings is 2. The number of ether oxygens (including phenoxy) is 2. The van der Waals surface area contributed by atoms with Crippen molar-refractivity contribution in [3.63, 3.8) is 0 Å². The minimum Gasteiger partial charge on any atom is -0.496 e. The van der Waals surface area contributed by atoms with Crippen molar-refractivity contribution in [3.8, 4) is 5.75 Å². The summed E-state index contributed by atoms with van der Waals surface area (Å²) < 4.78 is 11.4. The summed E-state index contributed by atoms with van der Waals surface area (Å²) in [5.41, 5.74) is 1.78. The molecule has 3 rings (SSSR count). The number of hydrogen-bond donors (Lipinski definition) is 0. The van der Waals surface area contributed by atoms with Crippen molar-refractivity contribution < 1.29 is 14.3 Å². The van der Waals surface area contributed by atoms with Gasteiger partial charge in [0.1, 0.15) is 5.75 Å². The molecule has 1 heterocycles. The van der Waals surface area contributed by atoms with E-state index < -0.39 is 5.97 Å². The molecule has 4 nitrogen and oxygen atoms in total. The lowest BCUT2D eigenvalue weighted by Crippen LogP contribution is -2.07. The fraction of sp³-hybridized carbons (Fsp3) is 0.0588. The second kappa shape index (κ2) is 6.15. The number of nitrogens with zero attached hydrogens (tertiary/aromatic N) is 1. The quantitative estimate of drug-likeness (QED) is 0.619. The smallest absolute Gasteiger partial charge is 0.363 e. The molecular formula is C17H12BrNO3. The van der Waals surface area contributed by atoms with Gasteiger partial charge in [0.15, 0.2) is 5.70 Å². The van der Waals surface area contributed by atoms with Crippen molar-refractivity contribution >= 4 is 33.9 Å². The highest BCUT2D eigenvalue weighted by atomic mass is 79.9. The second-order valence-electron chi connectivity index (χ2n) is 4.59. The highest BCUT2D eigenvalue weighted by Crippen LogP contribution is 2.27. The van der Waals surface area contributed by atoms with E-state index in [9.17, 15) is 4.79 Å². The van der Waals surface area contributed by atoms with Gasteiger partial charge in [0, 0.05) is 4.47 Å². The fourth-order valence-electron chi connectivity index (χ4n) is 2.08. The number of methoxy groups -OCH3 is 1. The van der Waals surface area contributed by atoms with Gasteiger partial charge in [-0.15, -0.1) is 0 Å². The summed E-state index contributed by atoms with van der Waals surface area (Å²) in [6, 6.07) is 14.9. The van der Waals surface area contributed by atoms with Crippen molar-refractivity contribution in [2.75, 3.05) is 7.11 Å². The molecule has 0 aromatic heterocycles. The molecule has 2 aromatic rings. The van der Waals surface area contributed by atoms with E-state index in [0.29, 0.717) is 11.3 Å². The molecule has 1 aliphatic heterocycles. The summed E-state index contributed by atoms with van der Waals surface area (Å²) in [7, 11) is 1.56. The molecule has 0 N–H and O–H groups in total. The van der Waals surface area contributed by atoms with Gasteiger partial charge in [0.05, 0.1) is 12.7 Å². The monoisotopic (exact) mass is 357 g/mol. The minimum atomic E-state index is -0.471. The predicted octanol–water partition coefficient (Wildman–Crippen LogP) is 3.80. The van der Waals surface area contributed by atoms with E-state index >= 15 is 0 Å². The van der Waals surface area contributed by atoms with Gasteiger partial charge in [0.2, 0.25) is 5.90 Å². The zero-order valence-electron chi connectivity index (χ0n) is 11.7. The van der Waals surface area contributed by atoms with Crippen LogP contribution in [0, 0.1) is 0 Å². The Morgan fingerprint density at radius 2 is 1.95 bits per heavy atom. The first-order chi connectivity index (χ1) is 10.7. The van der Waals surface area contributed by atoms with E-state index in [0.717, 1.165) is 10.0 Å². The summed E-state index contributed by atoms with van der Waals surface area (Å²) in [6.07, 6.45) is 1.69. The van der Waals surface area contributed by atoms with Crippen LogP contribution in [-0.4, -0.2) is 19.0 Å². The van der Waals surface area contributed by atoms with Crippen LogP contribution in [0.1, 0.15) is 11.1 Å². The highest BCUT2D eigenvalue weighted by molar-refractivity contribution is 9.10. The van der Waals surface area contributed by atoms with E-state index in [2.05, 4.69) is 20.9 Å². The fourth-order valence-corrected chi connectivity index (χ4v) is 2.44. The normalized spacial score (nSPS) is 15.6. The molecule has 2 aromatic carbocycles. The number of aliphatic imine (C=N–C) groups is 1. The predicted molar refractivity (Wildman–Crippen MR) is 87.7 cm³/mol. The van der Waals surface area contributed by atoms with Gasteiger partial charge in [-0.1, -0.05) is 46.3 Å². The van der Waals surface area contributed by atoms with Gasteiger partial charge in [-0.25, -0.2) is 9.79 Å². The maximum absolute atomic E-state index is 12.0. The van der Waals surface area contributed by atoms with Gasteiger partial charge < -0.3 is 9.47 Å². The number of carbonyl (C=O) groups is 1. The Morgan fingerprint density at radius 3 is 2.68 bits per heavy atom. The lowest BCUT2D eigenvalue weighted by molar-refractivity contribution is -0.129. The van der Waals surface area contributed by atoms with Gasteiger partial charge >= 0.3 is 5.97 Å². The maximum Gasteiger partial charge on any atom is 0.363 e. The van der Waals surface area contributed by atoms with Crippen molar-refractivity contribution in [2.24, 2.45) is 4.99 Å². The highest BCUT2D eigenvalue weighted by Gasteiger charge is 2.26. The molecule has 0 saturated carbocycles. The van der Waals surface area contributed by atoms with Crippen LogP contribution in [0.2, 0.25) is 0 Å². The summed E-state index contributed by atoms with van der Waals surface area (Å²) in [5, 5.41) is 0. The Bertz CT molecular complexity index is 782. The van der Waals surface area contributed by atoms with E-state index in [1.165, 1.54) is 0 Å². The van der Waals surface area contributed by atoms with Crippen LogP contribution < -0.4 is 4.74 Å². The lowest BCUT2D eigenvalue weighted by Gasteiger charge is -2.07. The molecule has 22 heavy (non-hydrogen) atoms. The molecule has 0 fully saturated rings. The van der Waals surface area contributed by atoms with E-state index in [-0.39, 0.29) is 11.6 Å². The van der Waals surface area contributed by atoms with Crippen LogP contribution in [0.25, 0.3) is 6.08 Å². The molecular weight excluding hydrogens is 346 g/mol. The summed E-state index contributed by atoms with van der Waals surface area (Å²) in [4.78, 5) is 16.3. The third-order valence-corrected chi connectivity index (χ3v) is 3.61. The van der Waals surface area contributed by atoms with Gasteiger partial charge in [-0.05, 0) is 29.8 Å². The van der Waals surface area contributed by atoms with Crippen molar-refractivity contribution in [1.29, 1.82) is 0 Å². The molecule has 0 radical (unpaired) electrons. The van der Waals surface area contributed by atoms with Crippen LogP contribution in [0.5, 0.6) is 5.75 Å². The minimum absolute atomic E-state index is 0.241. The van der Waals surface area contributed by atoms with Crippen LogP contribution in [-0.2, 0) is 9.53 Å². The molecule has 0 aliphatic carbocycles. The van der Waals surface area contributed by atoms with E-state index in [4.69, 9.17) is 9.47 Å². The Morgan fingerprint density at radius 1 is 1.18 bits per heavy atom. The Labute approximate surface area is 136 Å². The lowest BCUT2D eigenvalue weighted by atomic mass is 10.2. The van der Waals surface area contributed by atoms with Crippen LogP contribution in [0.15, 0.2) is 63.7 Å². The molecule has 0 amide bonds. The number of carbonyl (C=O) groups excluding carboxylic acids is 1. The molecule has 1 aliphatic rings. The first-order valence-corrected chi connectivity index (χ1v) is 7.38. The standard InChI is InChI=1S/C17H12BrNO3/c1-21-15-8-7-12(18)10-13(15)16-19-14(17(20)22-16)9-11-5-3-2-4-6-11/h2-10H,1H3/b14-9-. The van der Waals surface area contributed by atoms with Crippen molar-refractivity contribution in [2.45, 2.75) is 0 Å². The SMILES string of the molecule is COc1ccc(Br)cc1C1=N/C(=C\c2ccccc2)C(=O)O1. The average molecular weight is 358 g/mol. The van der Waals surface area contributed by atoms with Crippen LogP contribution >= 0.6 is 15.9 Å². The second-order valence-corrected chi connectivity index (χ2v) is 5.51. The Hall–Kier alpha value is -2.40. The van der Waals surface area contributed by atoms with Gasteiger partial charge in [-0.2, -0.15) is 0 Å². The first kappa shape index (κ1) is 14.5. The topological polar surface area (TPSA) is 47.9 Å². The third kappa shape index (κ3) is 2.94. The van der Waals surface area contributed by atoms with Gasteiger partial charge in [0.25, 0.3) is 0 Å². The molecule has 0 unspecified atom stereocenters. The Kier molecular flexibility index (Phi) is 4.06. The number of halogens is 1. The average Bonchev–Trinajstić information content (AvgIpc) is 2.89. The molecule has 0 bridgehead atoms. The molecule has 0 atom stereocenters. The van der Waals surface area contributed by atoms with E-state index in [1.807, 2.05) is 36.4 Å². The number of hydrogen-bond acceptors (Lipinski definition) is 4. The van der Waals surface area contributed by atoms with Crippen LogP contribution in [0.4, 0.5) is 0 Å². The number of rotatable bonds is 3. The van der Waals surface area contributed by atoms with Gasteiger partial charge in [-0.3, -0.25) is 0 Å². The summed E-state index contributed by atoms with van der Waals surface area (Å²) >= 11 is 3.39. The molecule has 0 saturated heterocycles. The third-order valence-electron chi connectivity index (χ3n) is 3.12. The van der Waals surface area contributed by atoms with Crippen molar-refractivity contribution in [3.05, 3.63) is 69.8 Å².